The Kier molecular flexibility index (Phi) is 3.02. The fourth-order valence-corrected chi connectivity index (χ4v) is 2.83. The average molecular weight is 265 g/mol. The Morgan fingerprint density at radius 1 is 1.44 bits per heavy atom. The number of aromatic nitrogens is 1. The summed E-state index contributed by atoms with van der Waals surface area (Å²) in [5.41, 5.74) is 1.26. The van der Waals surface area contributed by atoms with Crippen LogP contribution in [-0.2, 0) is 5.41 Å². The number of aryl methyl sites for hydroxylation is 1. The molecule has 0 aliphatic rings. The van der Waals surface area contributed by atoms with Crippen molar-refractivity contribution in [2.24, 2.45) is 0 Å². The van der Waals surface area contributed by atoms with E-state index in [-0.39, 0.29) is 10.3 Å². The molecule has 1 N–H and O–H groups in total. The lowest BCUT2D eigenvalue weighted by Crippen LogP contribution is -2.16. The molecule has 5 heteroatoms. The Hall–Kier alpha value is -1.62. The Balaban J connectivity index is 2.60. The van der Waals surface area contributed by atoms with Crippen LogP contribution in [0, 0.1) is 6.92 Å². The molecule has 96 valence electrons. The van der Waals surface area contributed by atoms with E-state index in [1.807, 2.05) is 33.8 Å². The third-order valence-electron chi connectivity index (χ3n) is 2.59. The highest BCUT2D eigenvalue weighted by atomic mass is 32.1. The van der Waals surface area contributed by atoms with Crippen molar-refractivity contribution in [1.82, 2.24) is 4.98 Å². The minimum absolute atomic E-state index is 0.285. The normalized spacial score (nSPS) is 11.8. The number of carboxylic acids is 1. The fraction of sp³-hybridized carbons (Fsp3) is 0.385. The van der Waals surface area contributed by atoms with Gasteiger partial charge in [-0.15, -0.1) is 11.3 Å². The zero-order valence-electron chi connectivity index (χ0n) is 10.8. The number of rotatable bonds is 2. The van der Waals surface area contributed by atoms with Crippen molar-refractivity contribution < 1.29 is 14.3 Å². The van der Waals surface area contributed by atoms with Crippen LogP contribution in [0.1, 0.15) is 41.7 Å². The first kappa shape index (κ1) is 12.8. The molecule has 2 rings (SSSR count). The van der Waals surface area contributed by atoms with E-state index in [4.69, 9.17) is 4.42 Å². The van der Waals surface area contributed by atoms with E-state index in [0.29, 0.717) is 16.5 Å². The second kappa shape index (κ2) is 4.24. The molecule has 0 unspecified atom stereocenters. The van der Waals surface area contributed by atoms with Gasteiger partial charge in [-0.3, -0.25) is 0 Å². The number of nitrogens with zero attached hydrogens (tertiary/aromatic N) is 1. The highest BCUT2D eigenvalue weighted by Gasteiger charge is 2.28. The number of furan rings is 1. The summed E-state index contributed by atoms with van der Waals surface area (Å²) in [5.74, 6) is -0.286. The van der Waals surface area contributed by atoms with E-state index in [0.717, 1.165) is 16.9 Å². The van der Waals surface area contributed by atoms with E-state index in [1.165, 1.54) is 0 Å². The largest absolute Gasteiger partial charge is 0.477 e. The first-order chi connectivity index (χ1) is 8.30. The van der Waals surface area contributed by atoms with Crippen molar-refractivity contribution in [3.63, 3.8) is 0 Å². The molecule has 2 heterocycles. The summed E-state index contributed by atoms with van der Waals surface area (Å²) < 4.78 is 5.37. The molecular weight excluding hydrogens is 250 g/mol. The van der Waals surface area contributed by atoms with Crippen molar-refractivity contribution in [2.75, 3.05) is 0 Å². The van der Waals surface area contributed by atoms with Gasteiger partial charge < -0.3 is 9.52 Å². The van der Waals surface area contributed by atoms with Gasteiger partial charge >= 0.3 is 5.97 Å². The standard InChI is InChI=1S/C13H15NO3S/c1-7-5-6-17-8(7)11-14-10(13(2,3)4)9(18-11)12(15)16/h5-6H,1-4H3,(H,15,16). The van der Waals surface area contributed by atoms with Gasteiger partial charge in [0, 0.05) is 5.41 Å². The van der Waals surface area contributed by atoms with Gasteiger partial charge in [0.1, 0.15) is 4.88 Å². The highest BCUT2D eigenvalue weighted by molar-refractivity contribution is 7.17. The summed E-state index contributed by atoms with van der Waals surface area (Å²) in [6.45, 7) is 7.77. The number of hydrogen-bond acceptors (Lipinski definition) is 4. The SMILES string of the molecule is Cc1ccoc1-c1nc(C(C)(C)C)c(C(=O)O)s1. The predicted octanol–water partition coefficient (Wildman–Crippen LogP) is 3.71. The second-order valence-corrected chi connectivity index (χ2v) is 6.18. The molecule has 0 amide bonds. The lowest BCUT2D eigenvalue weighted by Gasteiger charge is -2.15. The van der Waals surface area contributed by atoms with E-state index in [2.05, 4.69) is 4.98 Å². The van der Waals surface area contributed by atoms with Crippen molar-refractivity contribution in [3.05, 3.63) is 28.5 Å². The summed E-state index contributed by atoms with van der Waals surface area (Å²) >= 11 is 1.16. The van der Waals surface area contributed by atoms with E-state index in [1.54, 1.807) is 6.26 Å². The molecule has 0 spiro atoms. The Labute approximate surface area is 109 Å². The number of hydrogen-bond donors (Lipinski definition) is 1. The molecule has 2 aromatic rings. The van der Waals surface area contributed by atoms with Gasteiger partial charge in [0.15, 0.2) is 10.8 Å². The molecule has 0 aromatic carbocycles. The van der Waals surface area contributed by atoms with E-state index in [9.17, 15) is 9.90 Å². The molecule has 0 aliphatic carbocycles. The zero-order valence-corrected chi connectivity index (χ0v) is 11.6. The van der Waals surface area contributed by atoms with Gasteiger partial charge in [0.2, 0.25) is 0 Å². The first-order valence-corrected chi connectivity index (χ1v) is 6.41. The van der Waals surface area contributed by atoms with Crippen molar-refractivity contribution in [2.45, 2.75) is 33.1 Å². The summed E-state index contributed by atoms with van der Waals surface area (Å²) in [6, 6.07) is 1.84. The smallest absolute Gasteiger partial charge is 0.347 e. The minimum Gasteiger partial charge on any atom is -0.477 e. The van der Waals surface area contributed by atoms with Crippen molar-refractivity contribution in [1.29, 1.82) is 0 Å². The molecule has 2 aromatic heterocycles. The van der Waals surface area contributed by atoms with Gasteiger partial charge in [-0.05, 0) is 18.6 Å². The quantitative estimate of drug-likeness (QED) is 0.899. The maximum Gasteiger partial charge on any atom is 0.347 e. The third kappa shape index (κ3) is 2.18. The molecule has 0 atom stereocenters. The van der Waals surface area contributed by atoms with Crippen LogP contribution in [0.25, 0.3) is 10.8 Å². The number of carbonyl (C=O) groups is 1. The monoisotopic (exact) mass is 265 g/mol. The maximum atomic E-state index is 11.3. The minimum atomic E-state index is -0.937. The topological polar surface area (TPSA) is 63.3 Å². The molecule has 0 fully saturated rings. The van der Waals surface area contributed by atoms with Crippen LogP contribution in [-0.4, -0.2) is 16.1 Å². The molecule has 0 bridgehead atoms. The molecular formula is C13H15NO3S. The molecule has 18 heavy (non-hydrogen) atoms. The Morgan fingerprint density at radius 3 is 2.50 bits per heavy atom. The summed E-state index contributed by atoms with van der Waals surface area (Å²) in [4.78, 5) is 16.0. The fourth-order valence-electron chi connectivity index (χ4n) is 1.66. The molecule has 0 radical (unpaired) electrons. The van der Waals surface area contributed by atoms with Gasteiger partial charge in [-0.2, -0.15) is 0 Å². The molecule has 0 saturated carbocycles. The first-order valence-electron chi connectivity index (χ1n) is 5.60. The van der Waals surface area contributed by atoms with Crippen molar-refractivity contribution >= 4 is 17.3 Å². The summed E-state index contributed by atoms with van der Waals surface area (Å²) in [7, 11) is 0. The third-order valence-corrected chi connectivity index (χ3v) is 3.63. The average Bonchev–Trinajstić information content (AvgIpc) is 2.81. The molecule has 0 saturated heterocycles. The second-order valence-electron chi connectivity index (χ2n) is 5.18. The number of aromatic carboxylic acids is 1. The molecule has 4 nitrogen and oxygen atoms in total. The van der Waals surface area contributed by atoms with Crippen molar-refractivity contribution in [3.8, 4) is 10.8 Å². The highest BCUT2D eigenvalue weighted by Crippen LogP contribution is 2.35. The molecule has 0 aliphatic heterocycles. The van der Waals surface area contributed by atoms with Gasteiger partial charge in [0.25, 0.3) is 0 Å². The van der Waals surface area contributed by atoms with Gasteiger partial charge in [-0.1, -0.05) is 20.8 Å². The van der Waals surface area contributed by atoms with Crippen LogP contribution in [0.2, 0.25) is 0 Å². The van der Waals surface area contributed by atoms with Crippen LogP contribution in [0.5, 0.6) is 0 Å². The number of thiazole rings is 1. The van der Waals surface area contributed by atoms with Crippen LogP contribution < -0.4 is 0 Å². The zero-order chi connectivity index (χ0) is 13.5. The maximum absolute atomic E-state index is 11.3. The Morgan fingerprint density at radius 2 is 2.11 bits per heavy atom. The Bertz CT molecular complexity index is 590. The summed E-state index contributed by atoms with van der Waals surface area (Å²) in [6.07, 6.45) is 1.59. The number of carboxylic acid groups (broad SMARTS) is 1. The predicted molar refractivity (Wildman–Crippen MR) is 70.2 cm³/mol. The van der Waals surface area contributed by atoms with Gasteiger partial charge in [-0.25, -0.2) is 9.78 Å². The van der Waals surface area contributed by atoms with Gasteiger partial charge in [0.05, 0.1) is 12.0 Å². The lowest BCUT2D eigenvalue weighted by atomic mass is 9.91. The van der Waals surface area contributed by atoms with Crippen LogP contribution in [0.3, 0.4) is 0 Å². The van der Waals surface area contributed by atoms with E-state index >= 15 is 0 Å². The van der Waals surface area contributed by atoms with E-state index < -0.39 is 5.97 Å². The summed E-state index contributed by atoms with van der Waals surface area (Å²) in [5, 5.41) is 9.87. The van der Waals surface area contributed by atoms with Crippen LogP contribution in [0.4, 0.5) is 0 Å². The van der Waals surface area contributed by atoms with Crippen LogP contribution in [0.15, 0.2) is 16.7 Å². The lowest BCUT2D eigenvalue weighted by molar-refractivity contribution is 0.0699. The van der Waals surface area contributed by atoms with Crippen LogP contribution >= 0.6 is 11.3 Å².